The number of ether oxygens (including phenoxy) is 1. The van der Waals surface area contributed by atoms with Crippen molar-refractivity contribution in [2.45, 2.75) is 37.6 Å². The summed E-state index contributed by atoms with van der Waals surface area (Å²) in [5.74, 6) is 0.685. The Kier molecular flexibility index (Phi) is 6.95. The molecule has 2 aromatic carbocycles. The van der Waals surface area contributed by atoms with Gasteiger partial charge in [-0.1, -0.05) is 32.0 Å². The van der Waals surface area contributed by atoms with E-state index in [-0.39, 0.29) is 34.4 Å². The highest BCUT2D eigenvalue weighted by Crippen LogP contribution is 2.32. The lowest BCUT2D eigenvalue weighted by molar-refractivity contribution is 0.0791. The number of hydrogen-bond acceptors (Lipinski definition) is 5. The number of likely N-dealkylation sites (tertiary alicyclic amines) is 1. The summed E-state index contributed by atoms with van der Waals surface area (Å²) in [6, 6.07) is 14.8. The summed E-state index contributed by atoms with van der Waals surface area (Å²) < 4.78 is 34.0. The number of para-hydroxylation sites is 1. The number of nitrogens with zero attached hydrogens (tertiary/aromatic N) is 2. The van der Waals surface area contributed by atoms with E-state index in [4.69, 9.17) is 4.74 Å². The second kappa shape index (κ2) is 9.73. The predicted octanol–water partition coefficient (Wildman–Crippen LogP) is 3.69. The van der Waals surface area contributed by atoms with E-state index < -0.39 is 10.0 Å². The summed E-state index contributed by atoms with van der Waals surface area (Å²) in [6.07, 6.45) is 1.85. The number of rotatable bonds is 6. The molecule has 2 aliphatic rings. The van der Waals surface area contributed by atoms with Gasteiger partial charge in [-0.15, -0.1) is 0 Å². The fourth-order valence-electron chi connectivity index (χ4n) is 4.97. The van der Waals surface area contributed by atoms with Crippen molar-refractivity contribution < 1.29 is 17.9 Å². The van der Waals surface area contributed by atoms with Crippen LogP contribution in [0.4, 0.5) is 5.69 Å². The Morgan fingerprint density at radius 2 is 1.73 bits per heavy atom. The van der Waals surface area contributed by atoms with Gasteiger partial charge >= 0.3 is 0 Å². The molecule has 2 aliphatic heterocycles. The molecule has 2 heterocycles. The third-order valence-electron chi connectivity index (χ3n) is 6.48. The molecule has 7 nitrogen and oxygen atoms in total. The van der Waals surface area contributed by atoms with E-state index in [0.29, 0.717) is 31.7 Å². The standard InChI is InChI=1S/C25H33N3O4S/c1-18-13-19(2)16-28(15-18)33(30,31)24-14-20(9-10-23(24)32-3)25(29)27-12-11-22(17-27)26-21-7-5-4-6-8-21/h4-10,14,18-19,22,26H,11-13,15-17H2,1-3H3. The molecule has 3 unspecified atom stereocenters. The van der Waals surface area contributed by atoms with Gasteiger partial charge in [0.1, 0.15) is 10.6 Å². The molecule has 0 aromatic heterocycles. The van der Waals surface area contributed by atoms with Gasteiger partial charge in [-0.25, -0.2) is 8.42 Å². The summed E-state index contributed by atoms with van der Waals surface area (Å²) in [5.41, 5.74) is 1.40. The van der Waals surface area contributed by atoms with Crippen LogP contribution in [0.1, 0.15) is 37.0 Å². The smallest absolute Gasteiger partial charge is 0.253 e. The zero-order valence-electron chi connectivity index (χ0n) is 19.5. The minimum atomic E-state index is -3.78. The molecule has 33 heavy (non-hydrogen) atoms. The van der Waals surface area contributed by atoms with Gasteiger partial charge in [-0.3, -0.25) is 4.79 Å². The van der Waals surface area contributed by atoms with Crippen molar-refractivity contribution in [2.24, 2.45) is 11.8 Å². The van der Waals surface area contributed by atoms with Gasteiger partial charge in [0, 0.05) is 43.5 Å². The largest absolute Gasteiger partial charge is 0.495 e. The molecular weight excluding hydrogens is 438 g/mol. The SMILES string of the molecule is COc1ccc(C(=O)N2CCC(Nc3ccccc3)C2)cc1S(=O)(=O)N1CC(C)CC(C)C1. The minimum absolute atomic E-state index is 0.0651. The first-order chi connectivity index (χ1) is 15.8. The normalized spacial score (nSPS) is 24.0. The fourth-order valence-corrected chi connectivity index (χ4v) is 6.83. The first-order valence-corrected chi connectivity index (χ1v) is 13.0. The second-order valence-electron chi connectivity index (χ2n) is 9.38. The average Bonchev–Trinajstić information content (AvgIpc) is 3.26. The van der Waals surface area contributed by atoms with E-state index in [2.05, 4.69) is 19.2 Å². The van der Waals surface area contributed by atoms with Crippen LogP contribution in [0.5, 0.6) is 5.75 Å². The first kappa shape index (κ1) is 23.6. The van der Waals surface area contributed by atoms with Gasteiger partial charge in [0.25, 0.3) is 5.91 Å². The Bertz CT molecular complexity index is 1080. The topological polar surface area (TPSA) is 79.0 Å². The molecule has 178 valence electrons. The van der Waals surface area contributed by atoms with Crippen molar-refractivity contribution in [3.8, 4) is 5.75 Å². The van der Waals surface area contributed by atoms with Crippen LogP contribution in [0.15, 0.2) is 53.4 Å². The molecule has 0 bridgehead atoms. The van der Waals surface area contributed by atoms with Crippen molar-refractivity contribution in [2.75, 3.05) is 38.6 Å². The molecule has 1 N–H and O–H groups in total. The maximum Gasteiger partial charge on any atom is 0.253 e. The van der Waals surface area contributed by atoms with Crippen molar-refractivity contribution in [3.05, 3.63) is 54.1 Å². The summed E-state index contributed by atoms with van der Waals surface area (Å²) in [6.45, 7) is 6.30. The van der Waals surface area contributed by atoms with Crippen molar-refractivity contribution >= 4 is 21.6 Å². The number of anilines is 1. The summed E-state index contributed by atoms with van der Waals surface area (Å²) >= 11 is 0. The van der Waals surface area contributed by atoms with E-state index in [1.54, 1.807) is 17.0 Å². The number of benzene rings is 2. The number of sulfonamides is 1. The highest BCUT2D eigenvalue weighted by atomic mass is 32.2. The van der Waals surface area contributed by atoms with Crippen molar-refractivity contribution in [1.29, 1.82) is 0 Å². The van der Waals surface area contributed by atoms with Crippen molar-refractivity contribution in [3.63, 3.8) is 0 Å². The highest BCUT2D eigenvalue weighted by molar-refractivity contribution is 7.89. The molecule has 2 saturated heterocycles. The number of carbonyl (C=O) groups excluding carboxylic acids is 1. The molecule has 4 rings (SSSR count). The van der Waals surface area contributed by atoms with Crippen LogP contribution in [0.25, 0.3) is 0 Å². The molecule has 2 aromatic rings. The third kappa shape index (κ3) is 5.17. The maximum absolute atomic E-state index is 13.5. The van der Waals surface area contributed by atoms with Crippen LogP contribution in [0.2, 0.25) is 0 Å². The van der Waals surface area contributed by atoms with Crippen molar-refractivity contribution in [1.82, 2.24) is 9.21 Å². The Labute approximate surface area is 196 Å². The number of nitrogens with one attached hydrogen (secondary N) is 1. The quantitative estimate of drug-likeness (QED) is 0.695. The number of methoxy groups -OCH3 is 1. The van der Waals surface area contributed by atoms with Crippen LogP contribution in [0, 0.1) is 11.8 Å². The van der Waals surface area contributed by atoms with Crippen LogP contribution in [-0.4, -0.2) is 62.9 Å². The zero-order valence-corrected chi connectivity index (χ0v) is 20.3. The van der Waals surface area contributed by atoms with E-state index in [0.717, 1.165) is 18.5 Å². The lowest BCUT2D eigenvalue weighted by atomic mass is 9.94. The lowest BCUT2D eigenvalue weighted by Crippen LogP contribution is -2.42. The molecule has 0 aliphatic carbocycles. The van der Waals surface area contributed by atoms with Crippen LogP contribution >= 0.6 is 0 Å². The van der Waals surface area contributed by atoms with Gasteiger partial charge in [0.2, 0.25) is 10.0 Å². The van der Waals surface area contributed by atoms with Gasteiger partial charge in [-0.2, -0.15) is 4.31 Å². The summed E-state index contributed by atoms with van der Waals surface area (Å²) in [7, 11) is -2.32. The molecule has 0 saturated carbocycles. The summed E-state index contributed by atoms with van der Waals surface area (Å²) in [5, 5.41) is 3.47. The average molecular weight is 472 g/mol. The van der Waals surface area contributed by atoms with Gasteiger partial charge in [0.05, 0.1) is 7.11 Å². The van der Waals surface area contributed by atoms with E-state index >= 15 is 0 Å². The van der Waals surface area contributed by atoms with Gasteiger partial charge < -0.3 is 15.0 Å². The third-order valence-corrected chi connectivity index (χ3v) is 8.34. The fraction of sp³-hybridized carbons (Fsp3) is 0.480. The Hall–Kier alpha value is -2.58. The van der Waals surface area contributed by atoms with Crippen LogP contribution < -0.4 is 10.1 Å². The van der Waals surface area contributed by atoms with Gasteiger partial charge in [0.15, 0.2) is 0 Å². The van der Waals surface area contributed by atoms with Crippen LogP contribution in [0.3, 0.4) is 0 Å². The number of carbonyl (C=O) groups is 1. The molecular formula is C25H33N3O4S. The first-order valence-electron chi connectivity index (χ1n) is 11.6. The Morgan fingerprint density at radius 1 is 1.03 bits per heavy atom. The molecule has 1 amide bonds. The summed E-state index contributed by atoms with van der Waals surface area (Å²) in [4.78, 5) is 15.1. The van der Waals surface area contributed by atoms with Gasteiger partial charge in [-0.05, 0) is 55.0 Å². The van der Waals surface area contributed by atoms with Crippen LogP contribution in [-0.2, 0) is 10.0 Å². The van der Waals surface area contributed by atoms with E-state index in [1.165, 1.54) is 17.5 Å². The Morgan fingerprint density at radius 3 is 2.39 bits per heavy atom. The molecule has 8 heteroatoms. The van der Waals surface area contributed by atoms with E-state index in [9.17, 15) is 13.2 Å². The second-order valence-corrected chi connectivity index (χ2v) is 11.3. The maximum atomic E-state index is 13.5. The monoisotopic (exact) mass is 471 g/mol. The highest BCUT2D eigenvalue weighted by Gasteiger charge is 2.35. The molecule has 3 atom stereocenters. The number of amides is 1. The predicted molar refractivity (Wildman–Crippen MR) is 129 cm³/mol. The zero-order chi connectivity index (χ0) is 23.6. The molecule has 0 spiro atoms. The minimum Gasteiger partial charge on any atom is -0.495 e. The number of piperidine rings is 1. The van der Waals surface area contributed by atoms with E-state index in [1.807, 2.05) is 30.3 Å². The molecule has 2 fully saturated rings. The molecule has 0 radical (unpaired) electrons. The lowest BCUT2D eigenvalue weighted by Gasteiger charge is -2.34. The Balaban J connectivity index is 1.53. The number of hydrogen-bond donors (Lipinski definition) is 1.